The van der Waals surface area contributed by atoms with Crippen LogP contribution in [0.25, 0.3) is 0 Å². The van der Waals surface area contributed by atoms with Crippen LogP contribution in [0.3, 0.4) is 0 Å². The molecule has 6 heteroatoms. The number of Topliss-reactive ketones (excluding diaryl/α,β-unsaturated/α-hetero) is 2. The Bertz CT molecular complexity index is 279. The fourth-order valence-electron chi connectivity index (χ4n) is 1.41. The summed E-state index contributed by atoms with van der Waals surface area (Å²) in [5.74, 6) is 0.246. The summed E-state index contributed by atoms with van der Waals surface area (Å²) in [5, 5.41) is 13.6. The number of carboxylic acid groups (broad SMARTS) is 1. The second kappa shape index (κ2) is 10.7. The molecule has 0 aromatic carbocycles. The van der Waals surface area contributed by atoms with Crippen molar-refractivity contribution in [3.63, 3.8) is 0 Å². The summed E-state index contributed by atoms with van der Waals surface area (Å²) in [6.07, 6.45) is 1.95. The van der Waals surface area contributed by atoms with E-state index in [2.05, 4.69) is 10.6 Å². The van der Waals surface area contributed by atoms with Crippen molar-refractivity contribution in [1.29, 1.82) is 0 Å². The molecule has 0 aliphatic carbocycles. The number of nitrogens with one attached hydrogen (secondary N) is 2. The first-order valence-corrected chi connectivity index (χ1v) is 6.21. The first-order valence-electron chi connectivity index (χ1n) is 6.21. The molecular formula is C12H22N2O4. The lowest BCUT2D eigenvalue weighted by Gasteiger charge is -2.04. The van der Waals surface area contributed by atoms with Crippen LogP contribution in [0.1, 0.15) is 39.0 Å². The van der Waals surface area contributed by atoms with Crippen molar-refractivity contribution in [2.45, 2.75) is 39.0 Å². The van der Waals surface area contributed by atoms with Gasteiger partial charge in [-0.2, -0.15) is 0 Å². The maximum atomic E-state index is 11.3. The van der Waals surface area contributed by atoms with Gasteiger partial charge in [0, 0.05) is 32.4 Å². The molecule has 0 spiro atoms. The Kier molecular flexibility index (Phi) is 9.86. The second-order valence-corrected chi connectivity index (χ2v) is 4.18. The number of unbranched alkanes of at least 4 members (excludes halogenated alkanes) is 1. The highest BCUT2D eigenvalue weighted by Gasteiger charge is 2.02. The van der Waals surface area contributed by atoms with Crippen LogP contribution in [0.15, 0.2) is 0 Å². The van der Waals surface area contributed by atoms with E-state index in [4.69, 9.17) is 5.11 Å². The monoisotopic (exact) mass is 258 g/mol. The number of carbonyl (C=O) groups is 3. The number of rotatable bonds is 11. The minimum absolute atomic E-state index is 0.0417. The highest BCUT2D eigenvalue weighted by molar-refractivity contribution is 5.79. The minimum atomic E-state index is -1.11. The third kappa shape index (κ3) is 12.6. The molecule has 0 aliphatic rings. The summed E-state index contributed by atoms with van der Waals surface area (Å²) in [5.41, 5.74) is 0. The van der Waals surface area contributed by atoms with Crippen molar-refractivity contribution in [2.75, 3.05) is 19.6 Å². The molecule has 0 aliphatic heterocycles. The Morgan fingerprint density at radius 3 is 2.22 bits per heavy atom. The number of carbonyl (C=O) groups excluding carboxylic acids is 2. The van der Waals surface area contributed by atoms with Gasteiger partial charge in [0.2, 0.25) is 0 Å². The molecule has 0 atom stereocenters. The van der Waals surface area contributed by atoms with Crippen LogP contribution < -0.4 is 10.6 Å². The van der Waals surface area contributed by atoms with Gasteiger partial charge in [0.1, 0.15) is 11.6 Å². The lowest BCUT2D eigenvalue weighted by molar-refractivity contribution is -0.119. The topological polar surface area (TPSA) is 95.5 Å². The van der Waals surface area contributed by atoms with Gasteiger partial charge in [-0.1, -0.05) is 0 Å². The SMILES string of the molecule is CC(=O)CCCCNCCC(=O)CCNC(=O)O. The predicted octanol–water partition coefficient (Wildman–Crippen LogP) is 0.952. The predicted molar refractivity (Wildman–Crippen MR) is 67.7 cm³/mol. The van der Waals surface area contributed by atoms with Gasteiger partial charge in [-0.15, -0.1) is 0 Å². The number of ketones is 2. The molecule has 0 saturated heterocycles. The molecule has 6 nitrogen and oxygen atoms in total. The van der Waals surface area contributed by atoms with E-state index in [1.165, 1.54) is 0 Å². The Balaban J connectivity index is 3.25. The van der Waals surface area contributed by atoms with E-state index >= 15 is 0 Å². The molecule has 18 heavy (non-hydrogen) atoms. The first kappa shape index (κ1) is 16.6. The molecule has 104 valence electrons. The standard InChI is InChI=1S/C12H22N2O4/c1-10(15)4-2-3-7-13-8-5-11(16)6-9-14-12(17)18/h13-14H,2-9H2,1H3,(H,17,18). The Hall–Kier alpha value is -1.43. The van der Waals surface area contributed by atoms with Crippen molar-refractivity contribution in [3.8, 4) is 0 Å². The Labute approximate surface area is 107 Å². The maximum Gasteiger partial charge on any atom is 0.404 e. The quantitative estimate of drug-likeness (QED) is 0.480. The fraction of sp³-hybridized carbons (Fsp3) is 0.750. The maximum absolute atomic E-state index is 11.3. The average molecular weight is 258 g/mol. The molecule has 0 bridgehead atoms. The summed E-state index contributed by atoms with van der Waals surface area (Å²) in [6.45, 7) is 3.16. The fourth-order valence-corrected chi connectivity index (χ4v) is 1.41. The van der Waals surface area contributed by atoms with Crippen molar-refractivity contribution in [3.05, 3.63) is 0 Å². The minimum Gasteiger partial charge on any atom is -0.465 e. The van der Waals surface area contributed by atoms with E-state index in [1.54, 1.807) is 6.92 Å². The smallest absolute Gasteiger partial charge is 0.404 e. The van der Waals surface area contributed by atoms with E-state index < -0.39 is 6.09 Å². The van der Waals surface area contributed by atoms with Gasteiger partial charge in [-0.25, -0.2) is 4.79 Å². The lowest BCUT2D eigenvalue weighted by atomic mass is 10.2. The van der Waals surface area contributed by atoms with Gasteiger partial charge < -0.3 is 20.5 Å². The molecule has 0 aromatic heterocycles. The first-order chi connectivity index (χ1) is 8.52. The normalized spacial score (nSPS) is 10.1. The van der Waals surface area contributed by atoms with Gasteiger partial charge >= 0.3 is 6.09 Å². The summed E-state index contributed by atoms with van der Waals surface area (Å²) in [7, 11) is 0. The van der Waals surface area contributed by atoms with Crippen LogP contribution in [0.2, 0.25) is 0 Å². The zero-order valence-corrected chi connectivity index (χ0v) is 10.8. The molecule has 0 radical (unpaired) electrons. The summed E-state index contributed by atoms with van der Waals surface area (Å²) in [6, 6.07) is 0. The van der Waals surface area contributed by atoms with Gasteiger partial charge in [-0.05, 0) is 26.3 Å². The zero-order chi connectivity index (χ0) is 13.8. The zero-order valence-electron chi connectivity index (χ0n) is 10.8. The Morgan fingerprint density at radius 2 is 1.61 bits per heavy atom. The summed E-state index contributed by atoms with van der Waals surface area (Å²) >= 11 is 0. The van der Waals surface area contributed by atoms with Gasteiger partial charge in [0.15, 0.2) is 0 Å². The van der Waals surface area contributed by atoms with Crippen molar-refractivity contribution < 1.29 is 19.5 Å². The third-order valence-electron chi connectivity index (χ3n) is 2.39. The molecule has 0 fully saturated rings. The van der Waals surface area contributed by atoms with E-state index in [-0.39, 0.29) is 24.5 Å². The van der Waals surface area contributed by atoms with Crippen LogP contribution in [0.5, 0.6) is 0 Å². The molecular weight excluding hydrogens is 236 g/mol. The average Bonchev–Trinajstić information content (AvgIpc) is 2.26. The summed E-state index contributed by atoms with van der Waals surface area (Å²) in [4.78, 5) is 32.1. The molecule has 0 saturated carbocycles. The number of hydrogen-bond acceptors (Lipinski definition) is 4. The van der Waals surface area contributed by atoms with Gasteiger partial charge in [0.05, 0.1) is 0 Å². The molecule has 0 rings (SSSR count). The number of amides is 1. The molecule has 0 heterocycles. The number of hydrogen-bond donors (Lipinski definition) is 3. The van der Waals surface area contributed by atoms with E-state index in [9.17, 15) is 14.4 Å². The highest BCUT2D eigenvalue weighted by Crippen LogP contribution is 1.95. The van der Waals surface area contributed by atoms with E-state index in [0.29, 0.717) is 19.4 Å². The van der Waals surface area contributed by atoms with Crippen molar-refractivity contribution >= 4 is 17.7 Å². The second-order valence-electron chi connectivity index (χ2n) is 4.18. The van der Waals surface area contributed by atoms with E-state index in [1.807, 2.05) is 0 Å². The molecule has 0 unspecified atom stereocenters. The Morgan fingerprint density at radius 1 is 0.944 bits per heavy atom. The van der Waals surface area contributed by atoms with E-state index in [0.717, 1.165) is 19.4 Å². The van der Waals surface area contributed by atoms with Crippen LogP contribution in [-0.4, -0.2) is 42.4 Å². The third-order valence-corrected chi connectivity index (χ3v) is 2.39. The van der Waals surface area contributed by atoms with Crippen molar-refractivity contribution in [1.82, 2.24) is 10.6 Å². The largest absolute Gasteiger partial charge is 0.465 e. The van der Waals surface area contributed by atoms with Crippen LogP contribution in [0, 0.1) is 0 Å². The molecule has 3 N–H and O–H groups in total. The van der Waals surface area contributed by atoms with Crippen LogP contribution >= 0.6 is 0 Å². The van der Waals surface area contributed by atoms with Gasteiger partial charge in [0.25, 0.3) is 0 Å². The molecule has 1 amide bonds. The summed E-state index contributed by atoms with van der Waals surface area (Å²) < 4.78 is 0. The lowest BCUT2D eigenvalue weighted by Crippen LogP contribution is -2.25. The van der Waals surface area contributed by atoms with Crippen LogP contribution in [0.4, 0.5) is 4.79 Å². The van der Waals surface area contributed by atoms with Gasteiger partial charge in [-0.3, -0.25) is 4.79 Å². The molecule has 0 aromatic rings. The van der Waals surface area contributed by atoms with Crippen molar-refractivity contribution in [2.24, 2.45) is 0 Å². The van der Waals surface area contributed by atoms with Crippen LogP contribution in [-0.2, 0) is 9.59 Å². The highest BCUT2D eigenvalue weighted by atomic mass is 16.4.